The summed E-state index contributed by atoms with van der Waals surface area (Å²) in [6, 6.07) is 13.6. The predicted octanol–water partition coefficient (Wildman–Crippen LogP) is 2.61. The van der Waals surface area contributed by atoms with Crippen LogP contribution in [0.25, 0.3) is 5.69 Å². The highest BCUT2D eigenvalue weighted by molar-refractivity contribution is 7.99. The summed E-state index contributed by atoms with van der Waals surface area (Å²) in [5, 5.41) is 25.6. The molecule has 0 bridgehead atoms. The van der Waals surface area contributed by atoms with Crippen LogP contribution in [-0.4, -0.2) is 36.8 Å². The fourth-order valence-corrected chi connectivity index (χ4v) is 2.96. The van der Waals surface area contributed by atoms with E-state index >= 15 is 0 Å². The van der Waals surface area contributed by atoms with Crippen LogP contribution in [0, 0.1) is 17.0 Å². The van der Waals surface area contributed by atoms with Gasteiger partial charge in [0.05, 0.1) is 16.4 Å². The summed E-state index contributed by atoms with van der Waals surface area (Å²) >= 11 is 1.14. The van der Waals surface area contributed by atoms with Gasteiger partial charge in [-0.1, -0.05) is 42.1 Å². The molecule has 0 atom stereocenters. The molecule has 0 spiro atoms. The van der Waals surface area contributed by atoms with E-state index in [9.17, 15) is 14.9 Å². The summed E-state index contributed by atoms with van der Waals surface area (Å²) in [6.45, 7) is 1.94. The number of nitro groups is 1. The molecule has 0 aliphatic carbocycles. The number of nitrogens with one attached hydrogen (secondary N) is 1. The summed E-state index contributed by atoms with van der Waals surface area (Å²) < 4.78 is 1.55. The number of carbonyl (C=O) groups excluding carboxylic acids is 1. The van der Waals surface area contributed by atoms with Gasteiger partial charge in [0.2, 0.25) is 11.1 Å². The number of hydrogen-bond acceptors (Lipinski definition) is 7. The molecule has 1 N–H and O–H groups in total. The van der Waals surface area contributed by atoms with Gasteiger partial charge >= 0.3 is 0 Å². The SMILES string of the molecule is Cc1ccccc1-n1nnnc1SCC(=O)Nc1ccccc1[N+](=O)[O-]. The molecule has 2 aromatic carbocycles. The highest BCUT2D eigenvalue weighted by Crippen LogP contribution is 2.24. The highest BCUT2D eigenvalue weighted by Gasteiger charge is 2.16. The van der Waals surface area contributed by atoms with E-state index in [0.29, 0.717) is 5.16 Å². The van der Waals surface area contributed by atoms with Gasteiger partial charge in [-0.3, -0.25) is 14.9 Å². The lowest BCUT2D eigenvalue weighted by Gasteiger charge is -2.07. The number of anilines is 1. The molecule has 9 nitrogen and oxygen atoms in total. The van der Waals surface area contributed by atoms with Crippen LogP contribution in [0.5, 0.6) is 0 Å². The number of benzene rings is 2. The molecule has 1 aromatic heterocycles. The Morgan fingerprint density at radius 1 is 1.23 bits per heavy atom. The van der Waals surface area contributed by atoms with Crippen LogP contribution in [0.4, 0.5) is 11.4 Å². The Kier molecular flexibility index (Phi) is 5.23. The van der Waals surface area contributed by atoms with E-state index in [4.69, 9.17) is 0 Å². The maximum atomic E-state index is 12.2. The van der Waals surface area contributed by atoms with Crippen LogP contribution in [0.15, 0.2) is 53.7 Å². The second-order valence-electron chi connectivity index (χ2n) is 5.27. The number of aromatic nitrogens is 4. The molecule has 3 aromatic rings. The third-order valence-corrected chi connectivity index (χ3v) is 4.41. The number of nitrogens with zero attached hydrogens (tertiary/aromatic N) is 5. The molecular weight excluding hydrogens is 356 g/mol. The largest absolute Gasteiger partial charge is 0.320 e. The summed E-state index contributed by atoms with van der Waals surface area (Å²) in [4.78, 5) is 22.6. The predicted molar refractivity (Wildman–Crippen MR) is 96.3 cm³/mol. The van der Waals surface area contributed by atoms with Gasteiger partial charge in [-0.25, -0.2) is 0 Å². The fourth-order valence-electron chi connectivity index (χ4n) is 2.28. The Bertz CT molecular complexity index is 958. The molecule has 0 saturated carbocycles. The smallest absolute Gasteiger partial charge is 0.292 e. The van der Waals surface area contributed by atoms with Crippen molar-refractivity contribution in [2.45, 2.75) is 12.1 Å². The molecule has 26 heavy (non-hydrogen) atoms. The Labute approximate surface area is 152 Å². The van der Waals surface area contributed by atoms with Crippen molar-refractivity contribution >= 4 is 29.0 Å². The number of thioether (sulfide) groups is 1. The molecule has 0 aliphatic rings. The van der Waals surface area contributed by atoms with Crippen LogP contribution in [0.2, 0.25) is 0 Å². The third kappa shape index (κ3) is 3.86. The lowest BCUT2D eigenvalue weighted by molar-refractivity contribution is -0.383. The van der Waals surface area contributed by atoms with Crippen molar-refractivity contribution in [3.8, 4) is 5.69 Å². The number of tetrazole rings is 1. The van der Waals surface area contributed by atoms with Gasteiger partial charge in [-0.15, -0.1) is 5.10 Å². The van der Waals surface area contributed by atoms with Crippen molar-refractivity contribution in [1.82, 2.24) is 20.2 Å². The second-order valence-corrected chi connectivity index (χ2v) is 6.21. The van der Waals surface area contributed by atoms with Gasteiger partial charge in [-0.05, 0) is 35.0 Å². The zero-order chi connectivity index (χ0) is 18.5. The summed E-state index contributed by atoms with van der Waals surface area (Å²) in [5.41, 5.74) is 1.81. The maximum absolute atomic E-state index is 12.2. The fraction of sp³-hybridized carbons (Fsp3) is 0.125. The molecule has 0 saturated heterocycles. The Morgan fingerprint density at radius 3 is 2.73 bits per heavy atom. The van der Waals surface area contributed by atoms with Gasteiger partial charge in [0.25, 0.3) is 5.69 Å². The van der Waals surface area contributed by atoms with Crippen molar-refractivity contribution < 1.29 is 9.72 Å². The molecule has 1 amide bonds. The number of hydrogen-bond donors (Lipinski definition) is 1. The van der Waals surface area contributed by atoms with Crippen molar-refractivity contribution in [2.75, 3.05) is 11.1 Å². The number of nitro benzene ring substituents is 1. The third-order valence-electron chi connectivity index (χ3n) is 3.49. The summed E-state index contributed by atoms with van der Waals surface area (Å²) in [7, 11) is 0. The number of aryl methyl sites for hydroxylation is 1. The molecule has 132 valence electrons. The van der Waals surface area contributed by atoms with Gasteiger partial charge < -0.3 is 5.32 Å². The van der Waals surface area contributed by atoms with Crippen LogP contribution >= 0.6 is 11.8 Å². The standard InChI is InChI=1S/C16H14N6O3S/c1-11-6-2-4-8-13(11)21-16(18-19-20-21)26-10-15(23)17-12-7-3-5-9-14(12)22(24)25/h2-9H,10H2,1H3,(H,17,23). The number of amides is 1. The minimum Gasteiger partial charge on any atom is -0.320 e. The highest BCUT2D eigenvalue weighted by atomic mass is 32.2. The van der Waals surface area contributed by atoms with E-state index < -0.39 is 4.92 Å². The topological polar surface area (TPSA) is 116 Å². The number of para-hydroxylation sites is 3. The van der Waals surface area contributed by atoms with E-state index in [-0.39, 0.29) is 23.0 Å². The first kappa shape index (κ1) is 17.5. The normalized spacial score (nSPS) is 10.5. The maximum Gasteiger partial charge on any atom is 0.292 e. The molecule has 0 unspecified atom stereocenters. The zero-order valence-electron chi connectivity index (χ0n) is 13.7. The molecule has 10 heteroatoms. The van der Waals surface area contributed by atoms with E-state index in [1.54, 1.807) is 16.8 Å². The average Bonchev–Trinajstić information content (AvgIpc) is 3.09. The molecule has 1 heterocycles. The van der Waals surface area contributed by atoms with E-state index in [1.165, 1.54) is 12.1 Å². The first-order valence-electron chi connectivity index (χ1n) is 7.56. The quantitative estimate of drug-likeness (QED) is 0.403. The Balaban J connectivity index is 1.69. The summed E-state index contributed by atoms with van der Waals surface area (Å²) in [6.07, 6.45) is 0. The van der Waals surface area contributed by atoms with E-state index in [0.717, 1.165) is 23.0 Å². The Morgan fingerprint density at radius 2 is 1.96 bits per heavy atom. The van der Waals surface area contributed by atoms with Gasteiger partial charge in [0, 0.05) is 6.07 Å². The molecule has 0 aliphatic heterocycles. The van der Waals surface area contributed by atoms with Crippen LogP contribution < -0.4 is 5.32 Å². The minimum absolute atomic E-state index is 0.0122. The van der Waals surface area contributed by atoms with E-state index in [2.05, 4.69) is 20.8 Å². The minimum atomic E-state index is -0.540. The second kappa shape index (κ2) is 7.74. The van der Waals surface area contributed by atoms with Crippen molar-refractivity contribution in [1.29, 1.82) is 0 Å². The summed E-state index contributed by atoms with van der Waals surface area (Å²) in [5.74, 6) is -0.373. The average molecular weight is 370 g/mol. The van der Waals surface area contributed by atoms with Gasteiger partial charge in [0.1, 0.15) is 5.69 Å². The lowest BCUT2D eigenvalue weighted by atomic mass is 10.2. The first-order valence-corrected chi connectivity index (χ1v) is 8.55. The van der Waals surface area contributed by atoms with Gasteiger partial charge in [0.15, 0.2) is 0 Å². The van der Waals surface area contributed by atoms with Crippen molar-refractivity contribution in [2.24, 2.45) is 0 Å². The Hall–Kier alpha value is -3.27. The molecule has 0 radical (unpaired) electrons. The van der Waals surface area contributed by atoms with Gasteiger partial charge in [-0.2, -0.15) is 4.68 Å². The zero-order valence-corrected chi connectivity index (χ0v) is 14.5. The van der Waals surface area contributed by atoms with Crippen LogP contribution in [0.1, 0.15) is 5.56 Å². The lowest BCUT2D eigenvalue weighted by Crippen LogP contribution is -2.15. The monoisotopic (exact) mass is 370 g/mol. The number of carbonyl (C=O) groups is 1. The van der Waals surface area contributed by atoms with Crippen LogP contribution in [0.3, 0.4) is 0 Å². The van der Waals surface area contributed by atoms with Crippen molar-refractivity contribution in [3.05, 3.63) is 64.2 Å². The molecule has 3 rings (SSSR count). The molecular formula is C16H14N6O3S. The molecule has 0 fully saturated rings. The van der Waals surface area contributed by atoms with E-state index in [1.807, 2.05) is 31.2 Å². The van der Waals surface area contributed by atoms with Crippen LogP contribution in [-0.2, 0) is 4.79 Å². The first-order chi connectivity index (χ1) is 12.6. The van der Waals surface area contributed by atoms with Crippen molar-refractivity contribution in [3.63, 3.8) is 0 Å². The number of rotatable bonds is 6.